The van der Waals surface area contributed by atoms with Gasteiger partial charge in [0.15, 0.2) is 22.1 Å². The van der Waals surface area contributed by atoms with Gasteiger partial charge in [-0.15, -0.1) is 0 Å². The summed E-state index contributed by atoms with van der Waals surface area (Å²) >= 11 is 9.86. The number of aromatic nitrogens is 1. The van der Waals surface area contributed by atoms with Crippen LogP contribution in [0.4, 0.5) is 0 Å². The monoisotopic (exact) mass is 712 g/mol. The summed E-state index contributed by atoms with van der Waals surface area (Å²) in [4.78, 5) is 32.4. The molecule has 0 saturated carbocycles. The zero-order chi connectivity index (χ0) is 29.5. The summed E-state index contributed by atoms with van der Waals surface area (Å²) in [5.41, 5.74) is 4.41. The molecule has 7 nitrogen and oxygen atoms in total. The van der Waals surface area contributed by atoms with E-state index in [1.807, 2.05) is 81.4 Å². The molecule has 0 radical (unpaired) electrons. The number of nitrogens with zero attached hydrogens (tertiary/aromatic N) is 2. The summed E-state index contributed by atoms with van der Waals surface area (Å²) in [5, 5.41) is 0.662. The molecule has 214 valence electrons. The van der Waals surface area contributed by atoms with Gasteiger partial charge in [-0.3, -0.25) is 14.2 Å². The fraction of sp³-hybridized carbons (Fsp3) is 0.219. The molecular formula is C32H26ClIN2O5S. The number of ether oxygens (including phenoxy) is 3. The van der Waals surface area contributed by atoms with Crippen LogP contribution in [0.3, 0.4) is 0 Å². The molecule has 1 unspecified atom stereocenters. The second kappa shape index (κ2) is 11.7. The van der Waals surface area contributed by atoms with E-state index in [1.54, 1.807) is 4.57 Å². The van der Waals surface area contributed by atoms with Crippen LogP contribution in [0.25, 0.3) is 6.08 Å². The number of Topliss-reactive ketones (excluding diaryl/α,β-unsaturated/α-hetero) is 1. The van der Waals surface area contributed by atoms with Crippen molar-refractivity contribution in [3.8, 4) is 17.2 Å². The second-order valence-corrected chi connectivity index (χ2v) is 12.6. The van der Waals surface area contributed by atoms with Crippen molar-refractivity contribution in [2.45, 2.75) is 39.8 Å². The third-order valence-corrected chi connectivity index (χ3v) is 9.39. The van der Waals surface area contributed by atoms with Gasteiger partial charge in [0.25, 0.3) is 5.56 Å². The van der Waals surface area contributed by atoms with Gasteiger partial charge in [0.1, 0.15) is 12.4 Å². The van der Waals surface area contributed by atoms with E-state index in [-0.39, 0.29) is 18.1 Å². The van der Waals surface area contributed by atoms with Gasteiger partial charge >= 0.3 is 0 Å². The zero-order valence-corrected chi connectivity index (χ0v) is 26.8. The van der Waals surface area contributed by atoms with E-state index in [9.17, 15) is 9.59 Å². The van der Waals surface area contributed by atoms with Crippen LogP contribution in [0.1, 0.15) is 48.6 Å². The number of carbonyl (C=O) groups excluding carboxylic acids is 1. The highest BCUT2D eigenvalue weighted by Crippen LogP contribution is 2.38. The Morgan fingerprint density at radius 2 is 1.95 bits per heavy atom. The molecule has 0 spiro atoms. The summed E-state index contributed by atoms with van der Waals surface area (Å²) < 4.78 is 20.3. The Morgan fingerprint density at radius 1 is 1.17 bits per heavy atom. The van der Waals surface area contributed by atoms with Crippen LogP contribution in [0.2, 0.25) is 5.02 Å². The van der Waals surface area contributed by atoms with Crippen LogP contribution in [-0.4, -0.2) is 17.1 Å². The molecule has 2 aliphatic rings. The second-order valence-electron chi connectivity index (χ2n) is 10.0. The zero-order valence-electron chi connectivity index (χ0n) is 23.1. The Balaban J connectivity index is 1.41. The van der Waals surface area contributed by atoms with Gasteiger partial charge in [0.2, 0.25) is 6.79 Å². The molecule has 1 atom stereocenters. The van der Waals surface area contributed by atoms with Gasteiger partial charge in [-0.25, -0.2) is 4.99 Å². The number of carbonyl (C=O) groups is 1. The highest BCUT2D eigenvalue weighted by atomic mass is 127. The molecule has 0 fully saturated rings. The molecule has 0 amide bonds. The van der Waals surface area contributed by atoms with Crippen LogP contribution in [0.5, 0.6) is 17.2 Å². The Bertz CT molecular complexity index is 1940. The number of benzene rings is 3. The van der Waals surface area contributed by atoms with Gasteiger partial charge < -0.3 is 14.2 Å². The molecule has 0 aliphatic carbocycles. The number of allylic oxidation sites excluding steroid dienone is 2. The average molecular weight is 713 g/mol. The van der Waals surface area contributed by atoms with Crippen molar-refractivity contribution in [1.82, 2.24) is 4.57 Å². The smallest absolute Gasteiger partial charge is 0.271 e. The van der Waals surface area contributed by atoms with Gasteiger partial charge in [-0.05, 0) is 89.5 Å². The first kappa shape index (κ1) is 28.7. The first-order valence-corrected chi connectivity index (χ1v) is 15.6. The highest BCUT2D eigenvalue weighted by Gasteiger charge is 2.32. The number of ketones is 1. The third-order valence-electron chi connectivity index (χ3n) is 7.23. The van der Waals surface area contributed by atoms with Crippen molar-refractivity contribution in [3.05, 3.63) is 116 Å². The SMILES string of the molecule is CCC(=O)C1=C(C)N=c2sc(=Cc3cc(C)c(OCc4ccccc4Cl)c(I)c3)c(=O)n2C1c1ccc2c(c1)OCO2. The number of halogens is 2. The van der Waals surface area contributed by atoms with Crippen molar-refractivity contribution < 1.29 is 19.0 Å². The topological polar surface area (TPSA) is 79.1 Å². The Hall–Kier alpha value is -3.41. The summed E-state index contributed by atoms with van der Waals surface area (Å²) in [5.74, 6) is 1.95. The molecule has 3 heterocycles. The lowest BCUT2D eigenvalue weighted by atomic mass is 9.91. The normalized spacial score (nSPS) is 15.9. The molecule has 4 aromatic rings. The summed E-state index contributed by atoms with van der Waals surface area (Å²) in [6.07, 6.45) is 2.17. The summed E-state index contributed by atoms with van der Waals surface area (Å²) in [6, 6.07) is 16.5. The lowest BCUT2D eigenvalue weighted by molar-refractivity contribution is -0.115. The maximum atomic E-state index is 14.0. The van der Waals surface area contributed by atoms with Crippen LogP contribution in [-0.2, 0) is 11.4 Å². The molecule has 0 N–H and O–H groups in total. The number of aryl methyl sites for hydroxylation is 1. The minimum Gasteiger partial charge on any atom is -0.487 e. The molecule has 3 aromatic carbocycles. The molecule has 2 aliphatic heterocycles. The number of rotatable bonds is 7. The van der Waals surface area contributed by atoms with Gasteiger partial charge in [-0.1, -0.05) is 54.1 Å². The minimum absolute atomic E-state index is 0.0502. The van der Waals surface area contributed by atoms with E-state index in [2.05, 4.69) is 22.6 Å². The van der Waals surface area contributed by atoms with Crippen LogP contribution >= 0.6 is 45.5 Å². The van der Waals surface area contributed by atoms with Crippen molar-refractivity contribution in [3.63, 3.8) is 0 Å². The first-order chi connectivity index (χ1) is 20.2. The first-order valence-electron chi connectivity index (χ1n) is 13.4. The van der Waals surface area contributed by atoms with E-state index < -0.39 is 6.04 Å². The van der Waals surface area contributed by atoms with Gasteiger partial charge in [0.05, 0.1) is 14.1 Å². The fourth-order valence-electron chi connectivity index (χ4n) is 5.21. The number of fused-ring (bicyclic) bond motifs is 2. The Labute approximate surface area is 264 Å². The largest absolute Gasteiger partial charge is 0.487 e. The maximum Gasteiger partial charge on any atom is 0.271 e. The van der Waals surface area contributed by atoms with Gasteiger partial charge in [0, 0.05) is 28.3 Å². The van der Waals surface area contributed by atoms with Crippen LogP contribution in [0.15, 0.2) is 75.7 Å². The van der Waals surface area contributed by atoms with Crippen LogP contribution < -0.4 is 29.1 Å². The lowest BCUT2D eigenvalue weighted by Crippen LogP contribution is -2.39. The maximum absolute atomic E-state index is 14.0. The quantitative estimate of drug-likeness (QED) is 0.217. The summed E-state index contributed by atoms with van der Waals surface area (Å²) in [7, 11) is 0. The highest BCUT2D eigenvalue weighted by molar-refractivity contribution is 14.1. The van der Waals surface area contributed by atoms with Crippen LogP contribution in [0, 0.1) is 10.5 Å². The number of hydrogen-bond donors (Lipinski definition) is 0. The molecule has 0 bridgehead atoms. The standard InChI is InChI=1S/C32H26ClIN2O5S/c1-4-24(37)28-18(3)35-32-36(29(28)20-9-10-25-26(14-20)41-16-40-25)31(38)27(42-32)13-19-11-17(2)30(23(34)12-19)39-15-21-7-5-6-8-22(21)33/h5-14,29H,4,15-16H2,1-3H3. The van der Waals surface area contributed by atoms with Crippen molar-refractivity contribution in [1.29, 1.82) is 0 Å². The average Bonchev–Trinajstić information content (AvgIpc) is 3.56. The molecular weight excluding hydrogens is 687 g/mol. The molecule has 6 rings (SSSR count). The predicted octanol–water partition coefficient (Wildman–Crippen LogP) is 6.09. The molecule has 0 saturated heterocycles. The predicted molar refractivity (Wildman–Crippen MR) is 171 cm³/mol. The number of thiazole rings is 1. The van der Waals surface area contributed by atoms with Crippen molar-refractivity contribution in [2.75, 3.05) is 6.79 Å². The van der Waals surface area contributed by atoms with E-state index in [0.717, 1.165) is 31.6 Å². The minimum atomic E-state index is -0.618. The van der Waals surface area contributed by atoms with E-state index in [1.165, 1.54) is 11.3 Å². The Kier molecular flexibility index (Phi) is 7.99. The van der Waals surface area contributed by atoms with E-state index in [0.29, 0.717) is 50.2 Å². The third kappa shape index (κ3) is 5.29. The van der Waals surface area contributed by atoms with Gasteiger partial charge in [-0.2, -0.15) is 0 Å². The summed E-state index contributed by atoms with van der Waals surface area (Å²) in [6.45, 7) is 6.11. The molecule has 1 aromatic heterocycles. The fourth-order valence-corrected chi connectivity index (χ4v) is 7.38. The van der Waals surface area contributed by atoms with E-state index in [4.69, 9.17) is 30.8 Å². The molecule has 10 heteroatoms. The van der Waals surface area contributed by atoms with Crippen molar-refractivity contribution in [2.24, 2.45) is 4.99 Å². The number of hydrogen-bond acceptors (Lipinski definition) is 7. The van der Waals surface area contributed by atoms with E-state index >= 15 is 0 Å². The van der Waals surface area contributed by atoms with Crippen molar-refractivity contribution >= 4 is 57.4 Å². The lowest BCUT2D eigenvalue weighted by Gasteiger charge is -2.25. The Morgan fingerprint density at radius 3 is 2.71 bits per heavy atom. The molecule has 42 heavy (non-hydrogen) atoms.